The van der Waals surface area contributed by atoms with Crippen molar-refractivity contribution in [3.8, 4) is 0 Å². The summed E-state index contributed by atoms with van der Waals surface area (Å²) in [6.07, 6.45) is 0. The lowest BCUT2D eigenvalue weighted by Crippen LogP contribution is -2.39. The van der Waals surface area contributed by atoms with Gasteiger partial charge in [0.15, 0.2) is 5.96 Å². The van der Waals surface area contributed by atoms with E-state index in [0.29, 0.717) is 13.1 Å². The molecule has 0 aliphatic carbocycles. The van der Waals surface area contributed by atoms with E-state index in [1.165, 1.54) is 11.1 Å². The second-order valence-corrected chi connectivity index (χ2v) is 5.24. The van der Waals surface area contributed by atoms with Crippen molar-refractivity contribution >= 4 is 5.96 Å². The third kappa shape index (κ3) is 5.42. The summed E-state index contributed by atoms with van der Waals surface area (Å²) >= 11 is 0. The van der Waals surface area contributed by atoms with E-state index >= 15 is 0 Å². The average Bonchev–Trinajstić information content (AvgIpc) is 2.61. The number of aliphatic imine (C=N–C) groups is 1. The van der Waals surface area contributed by atoms with Crippen LogP contribution in [0.3, 0.4) is 0 Å². The monoisotopic (exact) mass is 311 g/mol. The van der Waals surface area contributed by atoms with E-state index in [9.17, 15) is 0 Å². The van der Waals surface area contributed by atoms with Gasteiger partial charge in [-0.1, -0.05) is 60.7 Å². The zero-order valence-electron chi connectivity index (χ0n) is 13.6. The van der Waals surface area contributed by atoms with Crippen molar-refractivity contribution in [2.24, 2.45) is 4.99 Å². The molecule has 0 aliphatic heterocycles. The van der Waals surface area contributed by atoms with Crippen molar-refractivity contribution in [3.63, 3.8) is 0 Å². The first-order valence-electron chi connectivity index (χ1n) is 8.08. The normalized spacial score (nSPS) is 11.5. The van der Waals surface area contributed by atoms with Gasteiger partial charge in [-0.05, 0) is 18.1 Å². The number of guanidine groups is 1. The van der Waals surface area contributed by atoms with Crippen molar-refractivity contribution < 1.29 is 5.11 Å². The van der Waals surface area contributed by atoms with Gasteiger partial charge >= 0.3 is 0 Å². The maximum atomic E-state index is 8.97. The molecule has 0 radical (unpaired) electrons. The van der Waals surface area contributed by atoms with Gasteiger partial charge in [-0.3, -0.25) is 4.99 Å². The Morgan fingerprint density at radius 1 is 0.957 bits per heavy atom. The highest BCUT2D eigenvalue weighted by Gasteiger charge is 2.13. The smallest absolute Gasteiger partial charge is 0.191 e. The summed E-state index contributed by atoms with van der Waals surface area (Å²) in [7, 11) is 0. The van der Waals surface area contributed by atoms with E-state index in [2.05, 4.69) is 64.2 Å². The molecule has 122 valence electrons. The fourth-order valence-corrected chi connectivity index (χ4v) is 2.47. The van der Waals surface area contributed by atoms with Crippen molar-refractivity contribution in [3.05, 3.63) is 71.8 Å². The number of hydrogen-bond donors (Lipinski definition) is 3. The summed E-state index contributed by atoms with van der Waals surface area (Å²) in [6.45, 7) is 4.05. The molecule has 4 heteroatoms. The summed E-state index contributed by atoms with van der Waals surface area (Å²) in [5, 5.41) is 15.3. The SMILES string of the molecule is CCNC(=NCC(c1ccccc1)c1ccccc1)NCCO. The minimum absolute atomic E-state index is 0.0885. The Balaban J connectivity index is 2.20. The van der Waals surface area contributed by atoms with E-state index in [1.54, 1.807) is 0 Å². The van der Waals surface area contributed by atoms with Crippen LogP contribution in [0.1, 0.15) is 24.0 Å². The van der Waals surface area contributed by atoms with Crippen LogP contribution in [0.25, 0.3) is 0 Å². The lowest BCUT2D eigenvalue weighted by atomic mass is 9.91. The molecule has 23 heavy (non-hydrogen) atoms. The summed E-state index contributed by atoms with van der Waals surface area (Å²) in [6, 6.07) is 20.9. The van der Waals surface area contributed by atoms with Gasteiger partial charge in [0, 0.05) is 19.0 Å². The number of aliphatic hydroxyl groups is 1. The van der Waals surface area contributed by atoms with E-state index in [0.717, 1.165) is 12.5 Å². The Bertz CT molecular complexity index is 545. The van der Waals surface area contributed by atoms with Gasteiger partial charge in [0.25, 0.3) is 0 Å². The van der Waals surface area contributed by atoms with Crippen LogP contribution in [-0.4, -0.2) is 37.3 Å². The molecule has 0 spiro atoms. The molecule has 0 saturated carbocycles. The summed E-state index contributed by atoms with van der Waals surface area (Å²) in [5.74, 6) is 0.945. The van der Waals surface area contributed by atoms with Gasteiger partial charge in [-0.2, -0.15) is 0 Å². The minimum Gasteiger partial charge on any atom is -0.395 e. The molecule has 4 nitrogen and oxygen atoms in total. The van der Waals surface area contributed by atoms with Gasteiger partial charge in [0.2, 0.25) is 0 Å². The Morgan fingerprint density at radius 2 is 1.52 bits per heavy atom. The largest absolute Gasteiger partial charge is 0.395 e. The van der Waals surface area contributed by atoms with Crippen LogP contribution >= 0.6 is 0 Å². The predicted molar refractivity (Wildman–Crippen MR) is 95.8 cm³/mol. The maximum Gasteiger partial charge on any atom is 0.191 e. The average molecular weight is 311 g/mol. The molecule has 0 bridgehead atoms. The number of rotatable bonds is 7. The van der Waals surface area contributed by atoms with Gasteiger partial charge in [-0.15, -0.1) is 0 Å². The number of hydrogen-bond acceptors (Lipinski definition) is 2. The van der Waals surface area contributed by atoms with Gasteiger partial charge in [0.05, 0.1) is 13.2 Å². The zero-order chi connectivity index (χ0) is 16.3. The Kier molecular flexibility index (Phi) is 7.14. The van der Waals surface area contributed by atoms with Crippen LogP contribution in [0.2, 0.25) is 0 Å². The molecule has 2 rings (SSSR count). The van der Waals surface area contributed by atoms with E-state index in [1.807, 2.05) is 19.1 Å². The highest BCUT2D eigenvalue weighted by Crippen LogP contribution is 2.24. The molecule has 0 fully saturated rings. The fourth-order valence-electron chi connectivity index (χ4n) is 2.47. The third-order valence-corrected chi connectivity index (χ3v) is 3.58. The molecule has 0 aromatic heterocycles. The van der Waals surface area contributed by atoms with E-state index < -0.39 is 0 Å². The molecule has 3 N–H and O–H groups in total. The fraction of sp³-hybridized carbons (Fsp3) is 0.316. The van der Waals surface area contributed by atoms with Gasteiger partial charge in [0.1, 0.15) is 0 Å². The lowest BCUT2D eigenvalue weighted by Gasteiger charge is -2.17. The summed E-state index contributed by atoms with van der Waals surface area (Å²) in [4.78, 5) is 4.69. The van der Waals surface area contributed by atoms with Crippen molar-refractivity contribution in [2.45, 2.75) is 12.8 Å². The molecule has 2 aromatic carbocycles. The molecule has 0 atom stereocenters. The first-order valence-corrected chi connectivity index (χ1v) is 8.08. The van der Waals surface area contributed by atoms with Crippen molar-refractivity contribution in [1.29, 1.82) is 0 Å². The Labute approximate surface area is 138 Å². The maximum absolute atomic E-state index is 8.97. The second-order valence-electron chi connectivity index (χ2n) is 5.24. The van der Waals surface area contributed by atoms with Gasteiger partial charge < -0.3 is 15.7 Å². The highest BCUT2D eigenvalue weighted by molar-refractivity contribution is 5.79. The van der Waals surface area contributed by atoms with E-state index in [4.69, 9.17) is 5.11 Å². The third-order valence-electron chi connectivity index (χ3n) is 3.58. The number of nitrogens with one attached hydrogen (secondary N) is 2. The standard InChI is InChI=1S/C19H25N3O/c1-2-20-19(21-13-14-23)22-15-18(16-9-5-3-6-10-16)17-11-7-4-8-12-17/h3-12,18,23H,2,13-15H2,1H3,(H2,20,21,22). The van der Waals surface area contributed by atoms with Crippen LogP contribution in [0, 0.1) is 0 Å². The molecule has 0 heterocycles. The number of benzene rings is 2. The topological polar surface area (TPSA) is 56.7 Å². The highest BCUT2D eigenvalue weighted by atomic mass is 16.3. The molecular weight excluding hydrogens is 286 g/mol. The first-order chi connectivity index (χ1) is 11.3. The van der Waals surface area contributed by atoms with Crippen LogP contribution in [0.4, 0.5) is 0 Å². The zero-order valence-corrected chi connectivity index (χ0v) is 13.6. The van der Waals surface area contributed by atoms with Gasteiger partial charge in [-0.25, -0.2) is 0 Å². The molecule has 0 amide bonds. The van der Waals surface area contributed by atoms with Crippen LogP contribution in [-0.2, 0) is 0 Å². The molecule has 0 aliphatic rings. The Hall–Kier alpha value is -2.33. The molecule has 0 saturated heterocycles. The Morgan fingerprint density at radius 3 is 2.00 bits per heavy atom. The van der Waals surface area contributed by atoms with E-state index in [-0.39, 0.29) is 12.5 Å². The lowest BCUT2D eigenvalue weighted by molar-refractivity contribution is 0.300. The predicted octanol–water partition coefficient (Wildman–Crippen LogP) is 2.37. The molecule has 2 aromatic rings. The number of aliphatic hydroxyl groups excluding tert-OH is 1. The van der Waals surface area contributed by atoms with Crippen molar-refractivity contribution in [2.75, 3.05) is 26.2 Å². The van der Waals surface area contributed by atoms with Crippen LogP contribution in [0.15, 0.2) is 65.7 Å². The summed E-state index contributed by atoms with van der Waals surface area (Å²) in [5.41, 5.74) is 2.50. The minimum atomic E-state index is 0.0885. The quantitative estimate of drug-likeness (QED) is 0.543. The first kappa shape index (κ1) is 17.0. The summed E-state index contributed by atoms with van der Waals surface area (Å²) < 4.78 is 0. The van der Waals surface area contributed by atoms with Crippen LogP contribution < -0.4 is 10.6 Å². The van der Waals surface area contributed by atoms with Crippen LogP contribution in [0.5, 0.6) is 0 Å². The molecule has 0 unspecified atom stereocenters. The molecular formula is C19H25N3O. The number of nitrogens with zero attached hydrogens (tertiary/aromatic N) is 1. The second kappa shape index (κ2) is 9.64. The van der Waals surface area contributed by atoms with Crippen molar-refractivity contribution in [1.82, 2.24) is 10.6 Å².